The summed E-state index contributed by atoms with van der Waals surface area (Å²) in [4.78, 5) is 0.311. The molecule has 1 aromatic carbocycles. The third kappa shape index (κ3) is 5.72. The van der Waals surface area contributed by atoms with Crippen molar-refractivity contribution in [1.29, 1.82) is 0 Å². The van der Waals surface area contributed by atoms with Crippen LogP contribution in [0.4, 0.5) is 0 Å². The summed E-state index contributed by atoms with van der Waals surface area (Å²) in [6.07, 6.45) is 0. The van der Waals surface area contributed by atoms with E-state index in [1.165, 1.54) is 0 Å². The van der Waals surface area contributed by atoms with Crippen molar-refractivity contribution in [2.45, 2.75) is 57.6 Å². The molecule has 0 fully saturated rings. The zero-order valence-corrected chi connectivity index (χ0v) is 13.1. The molecule has 0 spiro atoms. The second-order valence-electron chi connectivity index (χ2n) is 6.04. The minimum absolute atomic E-state index is 0.311. The number of sulfonamides is 1. The van der Waals surface area contributed by atoms with E-state index in [4.69, 9.17) is 0 Å². The normalized spacial score (nSPS) is 12.9. The van der Waals surface area contributed by atoms with Gasteiger partial charge in [0.1, 0.15) is 0 Å². The first-order valence-electron chi connectivity index (χ1n) is 6.46. The number of hydrogen-bond acceptors (Lipinski definition) is 3. The molecule has 0 unspecified atom stereocenters. The fourth-order valence-electron chi connectivity index (χ4n) is 1.61. The van der Waals surface area contributed by atoms with Crippen LogP contribution in [0.5, 0.6) is 0 Å². The van der Waals surface area contributed by atoms with Crippen LogP contribution in [-0.2, 0) is 16.6 Å². The van der Waals surface area contributed by atoms with E-state index in [2.05, 4.69) is 23.9 Å². The summed E-state index contributed by atoms with van der Waals surface area (Å²) < 4.78 is 27.1. The first kappa shape index (κ1) is 16.1. The van der Waals surface area contributed by atoms with E-state index >= 15 is 0 Å². The van der Waals surface area contributed by atoms with Gasteiger partial charge in [-0.1, -0.05) is 26.0 Å². The summed E-state index contributed by atoms with van der Waals surface area (Å²) >= 11 is 0. The third-order valence-electron chi connectivity index (χ3n) is 2.36. The van der Waals surface area contributed by atoms with Gasteiger partial charge in [0.15, 0.2) is 0 Å². The van der Waals surface area contributed by atoms with Crippen molar-refractivity contribution in [1.82, 2.24) is 10.0 Å². The van der Waals surface area contributed by atoms with Gasteiger partial charge >= 0.3 is 0 Å². The van der Waals surface area contributed by atoms with Gasteiger partial charge in [-0.25, -0.2) is 13.1 Å². The van der Waals surface area contributed by atoms with Crippen molar-refractivity contribution in [3.63, 3.8) is 0 Å². The van der Waals surface area contributed by atoms with Gasteiger partial charge in [-0.2, -0.15) is 0 Å². The standard InChI is InChI=1S/C14H24N2O2S/c1-11(2)15-10-12-7-6-8-13(9-12)19(17,18)16-14(3,4)5/h6-9,11,15-16H,10H2,1-5H3. The second kappa shape index (κ2) is 6.03. The SMILES string of the molecule is CC(C)NCc1cccc(S(=O)(=O)NC(C)(C)C)c1. The van der Waals surface area contributed by atoms with E-state index in [0.29, 0.717) is 17.5 Å². The first-order valence-corrected chi connectivity index (χ1v) is 7.95. The molecule has 0 aliphatic rings. The summed E-state index contributed by atoms with van der Waals surface area (Å²) in [5, 5.41) is 3.27. The zero-order valence-electron chi connectivity index (χ0n) is 12.3. The third-order valence-corrected chi connectivity index (χ3v) is 4.12. The Balaban J connectivity index is 2.92. The lowest BCUT2D eigenvalue weighted by molar-refractivity contribution is 0.491. The van der Waals surface area contributed by atoms with Crippen molar-refractivity contribution in [2.24, 2.45) is 0 Å². The van der Waals surface area contributed by atoms with Crippen LogP contribution in [0.25, 0.3) is 0 Å². The predicted molar refractivity (Wildman–Crippen MR) is 78.5 cm³/mol. The summed E-state index contributed by atoms with van der Waals surface area (Å²) in [7, 11) is -3.46. The zero-order chi connectivity index (χ0) is 14.7. The lowest BCUT2D eigenvalue weighted by Gasteiger charge is -2.20. The summed E-state index contributed by atoms with van der Waals surface area (Å²) in [5.41, 5.74) is 0.482. The van der Waals surface area contributed by atoms with Crippen molar-refractivity contribution in [2.75, 3.05) is 0 Å². The van der Waals surface area contributed by atoms with Crippen molar-refractivity contribution >= 4 is 10.0 Å². The fraction of sp³-hybridized carbons (Fsp3) is 0.571. The van der Waals surface area contributed by atoms with Crippen LogP contribution >= 0.6 is 0 Å². The Morgan fingerprint density at radius 1 is 1.21 bits per heavy atom. The molecule has 0 bridgehead atoms. The Morgan fingerprint density at radius 2 is 1.84 bits per heavy atom. The van der Waals surface area contributed by atoms with E-state index in [1.54, 1.807) is 18.2 Å². The molecule has 0 saturated heterocycles. The molecule has 0 atom stereocenters. The van der Waals surface area contributed by atoms with Gasteiger partial charge in [-0.3, -0.25) is 0 Å². The molecule has 0 heterocycles. The maximum absolute atomic E-state index is 12.2. The average Bonchev–Trinajstić information content (AvgIpc) is 2.23. The molecule has 0 aliphatic heterocycles. The van der Waals surface area contributed by atoms with Gasteiger partial charge in [-0.05, 0) is 38.5 Å². The predicted octanol–water partition coefficient (Wildman–Crippen LogP) is 2.26. The Bertz CT molecular complexity index is 516. The highest BCUT2D eigenvalue weighted by molar-refractivity contribution is 7.89. The molecule has 0 aromatic heterocycles. The molecule has 2 N–H and O–H groups in total. The Hall–Kier alpha value is -0.910. The van der Waals surface area contributed by atoms with Crippen molar-refractivity contribution in [3.8, 4) is 0 Å². The van der Waals surface area contributed by atoms with Crippen LogP contribution < -0.4 is 10.0 Å². The Labute approximate surface area is 116 Å². The van der Waals surface area contributed by atoms with Crippen LogP contribution in [0.2, 0.25) is 0 Å². The summed E-state index contributed by atoms with van der Waals surface area (Å²) in [5.74, 6) is 0. The number of benzene rings is 1. The molecular formula is C14H24N2O2S. The summed E-state index contributed by atoms with van der Waals surface area (Å²) in [6, 6.07) is 7.39. The molecule has 0 saturated carbocycles. The Kier molecular flexibility index (Phi) is 5.12. The topological polar surface area (TPSA) is 58.2 Å². The minimum atomic E-state index is -3.46. The van der Waals surface area contributed by atoms with Crippen LogP contribution in [0, 0.1) is 0 Å². The molecule has 0 radical (unpaired) electrons. The van der Waals surface area contributed by atoms with Crippen LogP contribution in [0.1, 0.15) is 40.2 Å². The molecular weight excluding hydrogens is 260 g/mol. The van der Waals surface area contributed by atoms with Crippen LogP contribution in [-0.4, -0.2) is 20.0 Å². The van der Waals surface area contributed by atoms with Crippen LogP contribution in [0.3, 0.4) is 0 Å². The highest BCUT2D eigenvalue weighted by atomic mass is 32.2. The quantitative estimate of drug-likeness (QED) is 0.872. The minimum Gasteiger partial charge on any atom is -0.310 e. The van der Waals surface area contributed by atoms with Gasteiger partial charge in [0.25, 0.3) is 0 Å². The molecule has 5 heteroatoms. The van der Waals surface area contributed by atoms with Gasteiger partial charge in [0, 0.05) is 18.1 Å². The molecule has 4 nitrogen and oxygen atoms in total. The number of hydrogen-bond donors (Lipinski definition) is 2. The lowest BCUT2D eigenvalue weighted by atomic mass is 10.1. The molecule has 1 rings (SSSR count). The molecule has 0 aliphatic carbocycles. The molecule has 19 heavy (non-hydrogen) atoms. The van der Waals surface area contributed by atoms with Crippen molar-refractivity contribution in [3.05, 3.63) is 29.8 Å². The number of nitrogens with one attached hydrogen (secondary N) is 2. The molecule has 108 valence electrons. The van der Waals surface area contributed by atoms with Crippen LogP contribution in [0.15, 0.2) is 29.2 Å². The maximum Gasteiger partial charge on any atom is 0.241 e. The largest absolute Gasteiger partial charge is 0.310 e. The van der Waals surface area contributed by atoms with E-state index in [1.807, 2.05) is 26.8 Å². The summed E-state index contributed by atoms with van der Waals surface area (Å²) in [6.45, 7) is 10.3. The number of rotatable bonds is 5. The Morgan fingerprint density at radius 3 is 2.37 bits per heavy atom. The van der Waals surface area contributed by atoms with Gasteiger partial charge in [0.2, 0.25) is 10.0 Å². The van der Waals surface area contributed by atoms with Gasteiger partial charge in [0.05, 0.1) is 4.90 Å². The molecule has 0 amide bonds. The van der Waals surface area contributed by atoms with E-state index in [9.17, 15) is 8.42 Å². The average molecular weight is 284 g/mol. The fourth-order valence-corrected chi connectivity index (χ4v) is 3.09. The first-order chi connectivity index (χ1) is 8.60. The monoisotopic (exact) mass is 284 g/mol. The smallest absolute Gasteiger partial charge is 0.241 e. The van der Waals surface area contributed by atoms with Gasteiger partial charge in [-0.15, -0.1) is 0 Å². The highest BCUT2D eigenvalue weighted by Crippen LogP contribution is 2.14. The maximum atomic E-state index is 12.2. The van der Waals surface area contributed by atoms with E-state index in [0.717, 1.165) is 5.56 Å². The highest BCUT2D eigenvalue weighted by Gasteiger charge is 2.21. The van der Waals surface area contributed by atoms with E-state index in [-0.39, 0.29) is 0 Å². The lowest BCUT2D eigenvalue weighted by Crippen LogP contribution is -2.40. The van der Waals surface area contributed by atoms with E-state index < -0.39 is 15.6 Å². The molecule has 1 aromatic rings. The van der Waals surface area contributed by atoms with Crippen molar-refractivity contribution < 1.29 is 8.42 Å². The van der Waals surface area contributed by atoms with Gasteiger partial charge < -0.3 is 5.32 Å². The second-order valence-corrected chi connectivity index (χ2v) is 7.72.